The van der Waals surface area contributed by atoms with Crippen LogP contribution in [-0.4, -0.2) is 33.4 Å². The van der Waals surface area contributed by atoms with Crippen molar-refractivity contribution in [1.29, 1.82) is 0 Å². The number of hydrogen-bond donors (Lipinski definition) is 1. The molecule has 1 heterocycles. The summed E-state index contributed by atoms with van der Waals surface area (Å²) in [6, 6.07) is 3.73. The molecule has 1 aromatic rings. The van der Waals surface area contributed by atoms with Crippen LogP contribution >= 0.6 is 0 Å². The van der Waals surface area contributed by atoms with Gasteiger partial charge in [0.05, 0.1) is 11.3 Å². The van der Waals surface area contributed by atoms with Gasteiger partial charge in [0.2, 0.25) is 5.96 Å². The highest BCUT2D eigenvalue weighted by Gasteiger charge is 2.33. The standard InChI is InChI=1S/C10H11F3N4O2S/c1-16(2)9-14-17(20(18,19)15-9)8-5-3-7(4-6-8)10(11,12)13/h3-6H,1-2H3,(H,14,15). The summed E-state index contributed by atoms with van der Waals surface area (Å²) in [6.45, 7) is 0. The molecule has 0 radical (unpaired) electrons. The lowest BCUT2D eigenvalue weighted by atomic mass is 10.2. The van der Waals surface area contributed by atoms with Crippen LogP contribution in [0, 0.1) is 0 Å². The Labute approximate surface area is 113 Å². The van der Waals surface area contributed by atoms with E-state index in [4.69, 9.17) is 0 Å². The molecule has 20 heavy (non-hydrogen) atoms. The lowest BCUT2D eigenvalue weighted by Gasteiger charge is -2.19. The molecule has 0 bridgehead atoms. The smallest absolute Gasteiger partial charge is 0.347 e. The van der Waals surface area contributed by atoms with Crippen molar-refractivity contribution in [3.63, 3.8) is 0 Å². The van der Waals surface area contributed by atoms with Crippen molar-refractivity contribution in [2.75, 3.05) is 18.5 Å². The van der Waals surface area contributed by atoms with Crippen molar-refractivity contribution in [3.8, 4) is 0 Å². The molecule has 110 valence electrons. The second-order valence-corrected chi connectivity index (χ2v) is 5.65. The van der Waals surface area contributed by atoms with Crippen LogP contribution in [-0.2, 0) is 16.4 Å². The number of benzene rings is 1. The average molecular weight is 308 g/mol. The molecule has 1 aliphatic heterocycles. The largest absolute Gasteiger partial charge is 0.416 e. The number of hydrazine groups is 1. The molecule has 0 fully saturated rings. The van der Waals surface area contributed by atoms with Crippen molar-refractivity contribution in [2.45, 2.75) is 6.18 Å². The van der Waals surface area contributed by atoms with Gasteiger partial charge in [0.25, 0.3) is 0 Å². The summed E-state index contributed by atoms with van der Waals surface area (Å²) in [5, 5.41) is 0. The molecule has 10 heteroatoms. The monoisotopic (exact) mass is 308 g/mol. The van der Waals surface area contributed by atoms with Crippen molar-refractivity contribution in [2.24, 2.45) is 4.40 Å². The van der Waals surface area contributed by atoms with Crippen LogP contribution in [0.25, 0.3) is 0 Å². The van der Waals surface area contributed by atoms with E-state index in [-0.39, 0.29) is 11.6 Å². The quantitative estimate of drug-likeness (QED) is 0.846. The normalized spacial score (nSPS) is 17.6. The second kappa shape index (κ2) is 4.54. The zero-order valence-corrected chi connectivity index (χ0v) is 11.3. The molecular weight excluding hydrogens is 297 g/mol. The third-order valence-corrected chi connectivity index (χ3v) is 3.65. The molecular formula is C10H11F3N4O2S. The first kappa shape index (κ1) is 14.4. The maximum Gasteiger partial charge on any atom is 0.416 e. The molecule has 6 nitrogen and oxygen atoms in total. The molecule has 0 saturated heterocycles. The van der Waals surface area contributed by atoms with E-state index in [1.165, 1.54) is 4.90 Å². The van der Waals surface area contributed by atoms with Gasteiger partial charge in [-0.3, -0.25) is 5.43 Å². The highest BCUT2D eigenvalue weighted by atomic mass is 32.2. The molecule has 0 unspecified atom stereocenters. The van der Waals surface area contributed by atoms with Crippen LogP contribution in [0.3, 0.4) is 0 Å². The number of rotatable bonds is 1. The van der Waals surface area contributed by atoms with Gasteiger partial charge in [-0.15, -0.1) is 4.40 Å². The van der Waals surface area contributed by atoms with Crippen molar-refractivity contribution in [1.82, 2.24) is 10.3 Å². The molecule has 0 spiro atoms. The van der Waals surface area contributed by atoms with E-state index in [0.717, 1.165) is 24.3 Å². The lowest BCUT2D eigenvalue weighted by Crippen LogP contribution is -2.43. The molecule has 0 aliphatic carbocycles. The molecule has 1 aromatic carbocycles. The van der Waals surface area contributed by atoms with Gasteiger partial charge < -0.3 is 4.90 Å². The van der Waals surface area contributed by atoms with Crippen LogP contribution in [0.15, 0.2) is 28.7 Å². The summed E-state index contributed by atoms with van der Waals surface area (Å²) in [7, 11) is -0.833. The number of nitrogens with one attached hydrogen (secondary N) is 1. The van der Waals surface area contributed by atoms with Crippen molar-refractivity contribution < 1.29 is 21.6 Å². The average Bonchev–Trinajstić information content (AvgIpc) is 2.64. The molecule has 0 amide bonds. The van der Waals surface area contributed by atoms with Crippen LogP contribution in [0.4, 0.5) is 18.9 Å². The Bertz CT molecular complexity index is 637. The van der Waals surface area contributed by atoms with E-state index in [0.29, 0.717) is 4.41 Å². The third-order valence-electron chi connectivity index (χ3n) is 2.49. The lowest BCUT2D eigenvalue weighted by molar-refractivity contribution is -0.137. The van der Waals surface area contributed by atoms with E-state index in [2.05, 4.69) is 9.82 Å². The Morgan fingerprint density at radius 1 is 1.20 bits per heavy atom. The fourth-order valence-corrected chi connectivity index (χ4v) is 2.57. The summed E-state index contributed by atoms with van der Waals surface area (Å²) < 4.78 is 65.1. The van der Waals surface area contributed by atoms with Gasteiger partial charge in [0.15, 0.2) is 0 Å². The minimum atomic E-state index is -4.47. The molecule has 1 aliphatic rings. The zero-order valence-electron chi connectivity index (χ0n) is 10.5. The molecule has 0 saturated carbocycles. The predicted octanol–water partition coefficient (Wildman–Crippen LogP) is 1.19. The van der Waals surface area contributed by atoms with E-state index >= 15 is 0 Å². The van der Waals surface area contributed by atoms with Gasteiger partial charge in [0.1, 0.15) is 0 Å². The van der Waals surface area contributed by atoms with Gasteiger partial charge in [0, 0.05) is 14.1 Å². The highest BCUT2D eigenvalue weighted by molar-refractivity contribution is 7.92. The maximum atomic E-state index is 12.4. The number of anilines is 1. The second-order valence-electron chi connectivity index (χ2n) is 4.21. The Balaban J connectivity index is 2.31. The van der Waals surface area contributed by atoms with Gasteiger partial charge >= 0.3 is 16.4 Å². The van der Waals surface area contributed by atoms with E-state index in [1.807, 2.05) is 0 Å². The fourth-order valence-electron chi connectivity index (χ4n) is 1.48. The molecule has 0 aromatic heterocycles. The van der Waals surface area contributed by atoms with E-state index in [9.17, 15) is 21.6 Å². The van der Waals surface area contributed by atoms with Crippen molar-refractivity contribution in [3.05, 3.63) is 29.8 Å². The molecule has 1 N–H and O–H groups in total. The van der Waals surface area contributed by atoms with Gasteiger partial charge in [-0.25, -0.2) is 0 Å². The molecule has 2 rings (SSSR count). The van der Waals surface area contributed by atoms with Gasteiger partial charge in [-0.1, -0.05) is 0 Å². The fraction of sp³-hybridized carbons (Fsp3) is 0.300. The first-order chi connectivity index (χ1) is 9.11. The third kappa shape index (κ3) is 2.64. The number of halogens is 3. The minimum Gasteiger partial charge on any atom is -0.347 e. The Morgan fingerprint density at radius 2 is 1.75 bits per heavy atom. The Kier molecular flexibility index (Phi) is 3.28. The Hall–Kier alpha value is -1.97. The van der Waals surface area contributed by atoms with Gasteiger partial charge in [-0.05, 0) is 24.3 Å². The number of nitrogens with zero attached hydrogens (tertiary/aromatic N) is 3. The topological polar surface area (TPSA) is 65.0 Å². The SMILES string of the molecule is CN(C)C1=NS(=O)(=O)N(c2ccc(C(F)(F)F)cc2)N1. The van der Waals surface area contributed by atoms with Gasteiger partial charge in [-0.2, -0.15) is 26.0 Å². The van der Waals surface area contributed by atoms with E-state index in [1.54, 1.807) is 14.1 Å². The summed E-state index contributed by atoms with van der Waals surface area (Å²) in [4.78, 5) is 1.43. The highest BCUT2D eigenvalue weighted by Crippen LogP contribution is 2.31. The number of hydrogen-bond acceptors (Lipinski definition) is 4. The van der Waals surface area contributed by atoms with Crippen LogP contribution < -0.4 is 9.84 Å². The summed E-state index contributed by atoms with van der Waals surface area (Å²) in [6.07, 6.45) is -4.47. The van der Waals surface area contributed by atoms with Crippen LogP contribution in [0.2, 0.25) is 0 Å². The number of guanidine groups is 1. The van der Waals surface area contributed by atoms with E-state index < -0.39 is 21.9 Å². The van der Waals surface area contributed by atoms with Crippen LogP contribution in [0.1, 0.15) is 5.56 Å². The first-order valence-corrected chi connectivity index (χ1v) is 6.77. The van der Waals surface area contributed by atoms with Crippen molar-refractivity contribution >= 4 is 21.9 Å². The summed E-state index contributed by atoms with van der Waals surface area (Å²) in [5.74, 6) is 0.0740. The Morgan fingerprint density at radius 3 is 2.15 bits per heavy atom. The minimum absolute atomic E-state index is 0.0404. The maximum absolute atomic E-state index is 12.4. The predicted molar refractivity (Wildman–Crippen MR) is 67.1 cm³/mol. The first-order valence-electron chi connectivity index (χ1n) is 5.38. The zero-order chi connectivity index (χ0) is 15.1. The van der Waals surface area contributed by atoms with Crippen LogP contribution in [0.5, 0.6) is 0 Å². The number of alkyl halides is 3. The summed E-state index contributed by atoms with van der Waals surface area (Å²) >= 11 is 0. The summed E-state index contributed by atoms with van der Waals surface area (Å²) in [5.41, 5.74) is 1.68. The molecule has 0 atom stereocenters.